The number of aryl methyl sites for hydroxylation is 1. The van der Waals surface area contributed by atoms with Crippen molar-refractivity contribution in [3.63, 3.8) is 0 Å². The van der Waals surface area contributed by atoms with Crippen LogP contribution in [-0.4, -0.2) is 66.5 Å². The van der Waals surface area contributed by atoms with Crippen molar-refractivity contribution < 1.29 is 13.2 Å². The maximum Gasteiger partial charge on any atom is 0.274 e. The van der Waals surface area contributed by atoms with Gasteiger partial charge in [-0.25, -0.2) is 8.42 Å². The summed E-state index contributed by atoms with van der Waals surface area (Å²) in [6.45, 7) is 2.39. The summed E-state index contributed by atoms with van der Waals surface area (Å²) in [4.78, 5) is 33.2. The molecule has 0 unspecified atom stereocenters. The van der Waals surface area contributed by atoms with Gasteiger partial charge in [-0.1, -0.05) is 0 Å². The third-order valence-corrected chi connectivity index (χ3v) is 9.79. The van der Waals surface area contributed by atoms with Crippen LogP contribution in [0.5, 0.6) is 0 Å². The van der Waals surface area contributed by atoms with E-state index in [-0.39, 0.29) is 36.1 Å². The highest BCUT2D eigenvalue weighted by molar-refractivity contribution is 7.91. The summed E-state index contributed by atoms with van der Waals surface area (Å²) in [6, 6.07) is 7.73. The van der Waals surface area contributed by atoms with Crippen LogP contribution in [0.25, 0.3) is 22.0 Å². The van der Waals surface area contributed by atoms with E-state index in [0.717, 1.165) is 35.3 Å². The highest BCUT2D eigenvalue weighted by Crippen LogP contribution is 2.54. The molecule has 1 aromatic carbocycles. The molecule has 35 heavy (non-hydrogen) atoms. The molecule has 3 fully saturated rings. The van der Waals surface area contributed by atoms with Crippen molar-refractivity contribution in [2.24, 2.45) is 12.5 Å². The lowest BCUT2D eigenvalue weighted by molar-refractivity contribution is 0.0770. The van der Waals surface area contributed by atoms with Gasteiger partial charge in [0.05, 0.1) is 11.5 Å². The molecule has 0 atom stereocenters. The molecule has 2 aromatic heterocycles. The molecule has 0 bridgehead atoms. The topological polar surface area (TPSA) is 95.5 Å². The van der Waals surface area contributed by atoms with E-state index in [0.29, 0.717) is 16.5 Å². The summed E-state index contributed by atoms with van der Waals surface area (Å²) in [7, 11) is -1.33. The van der Waals surface area contributed by atoms with Crippen LogP contribution in [0.4, 0.5) is 5.69 Å². The van der Waals surface area contributed by atoms with E-state index in [2.05, 4.69) is 9.88 Å². The van der Waals surface area contributed by atoms with E-state index in [9.17, 15) is 18.0 Å². The number of anilines is 1. The van der Waals surface area contributed by atoms with E-state index in [1.54, 1.807) is 22.7 Å². The minimum Gasteiger partial charge on any atom is -0.371 e. The minimum atomic E-state index is -3.07. The molecule has 1 aliphatic carbocycles. The summed E-state index contributed by atoms with van der Waals surface area (Å²) in [5, 5.41) is 0.832. The first kappa shape index (κ1) is 22.4. The Balaban J connectivity index is 1.43. The van der Waals surface area contributed by atoms with Crippen molar-refractivity contribution in [3.8, 4) is 11.1 Å². The number of aromatic nitrogens is 2. The van der Waals surface area contributed by atoms with Crippen molar-refractivity contribution in [1.29, 1.82) is 0 Å². The van der Waals surface area contributed by atoms with Crippen molar-refractivity contribution in [3.05, 3.63) is 52.6 Å². The van der Waals surface area contributed by atoms with E-state index in [1.165, 1.54) is 25.7 Å². The number of H-pyrrole nitrogens is 1. The zero-order valence-corrected chi connectivity index (χ0v) is 20.7. The maximum atomic E-state index is 13.4. The van der Waals surface area contributed by atoms with Crippen LogP contribution in [0.2, 0.25) is 0 Å². The van der Waals surface area contributed by atoms with Gasteiger partial charge in [-0.2, -0.15) is 0 Å². The molecule has 0 radical (unpaired) electrons. The average molecular weight is 495 g/mol. The van der Waals surface area contributed by atoms with Gasteiger partial charge in [0.25, 0.3) is 11.5 Å². The van der Waals surface area contributed by atoms with Crippen LogP contribution in [0.1, 0.15) is 36.0 Å². The normalized spacial score (nSPS) is 20.9. The van der Waals surface area contributed by atoms with Crippen LogP contribution < -0.4 is 10.5 Å². The van der Waals surface area contributed by atoms with Gasteiger partial charge in [-0.3, -0.25) is 9.59 Å². The Kier molecular flexibility index (Phi) is 5.11. The zero-order chi connectivity index (χ0) is 24.4. The Morgan fingerprint density at radius 3 is 2.37 bits per heavy atom. The van der Waals surface area contributed by atoms with Crippen molar-refractivity contribution >= 4 is 32.3 Å². The monoisotopic (exact) mass is 494 g/mol. The molecule has 3 aliphatic rings. The molecule has 4 heterocycles. The summed E-state index contributed by atoms with van der Waals surface area (Å²) in [5.41, 5.74) is 4.44. The number of piperidine rings is 1. The average Bonchev–Trinajstić information content (AvgIpc) is 3.41. The molecular formula is C26H30N4O4S. The number of hydrogen-bond acceptors (Lipinski definition) is 5. The van der Waals surface area contributed by atoms with E-state index < -0.39 is 9.84 Å². The Labute approximate surface area is 204 Å². The largest absolute Gasteiger partial charge is 0.371 e. The standard InChI is InChI=1S/C26H30N4O4S/c1-28-17-21(19-4-9-27-23(19)25(28)32)20-16-18(24(31)30-12-14-35(33,34)15-13-30)2-3-22(20)29-10-7-26(5-6-26)8-11-29/h2-4,9,16-17,27H,5-8,10-15H2,1H3. The molecule has 6 rings (SSSR count). The van der Waals surface area contributed by atoms with Crippen LogP contribution in [0.3, 0.4) is 0 Å². The van der Waals surface area contributed by atoms with Crippen LogP contribution in [0, 0.1) is 5.41 Å². The fraction of sp³-hybridized carbons (Fsp3) is 0.462. The molecular weight excluding hydrogens is 464 g/mol. The first-order valence-corrected chi connectivity index (χ1v) is 14.1. The molecule has 1 spiro atoms. The highest BCUT2D eigenvalue weighted by atomic mass is 32.2. The summed E-state index contributed by atoms with van der Waals surface area (Å²) < 4.78 is 25.3. The number of sulfone groups is 1. The third-order valence-electron chi connectivity index (χ3n) is 8.18. The number of fused-ring (bicyclic) bond motifs is 1. The van der Waals surface area contributed by atoms with Gasteiger partial charge in [-0.05, 0) is 55.4 Å². The number of benzene rings is 1. The second-order valence-electron chi connectivity index (χ2n) is 10.4. The van der Waals surface area contributed by atoms with Gasteiger partial charge in [0.2, 0.25) is 0 Å². The Hall–Kier alpha value is -3.07. The zero-order valence-electron chi connectivity index (χ0n) is 19.9. The van der Waals surface area contributed by atoms with Crippen LogP contribution in [-0.2, 0) is 16.9 Å². The fourth-order valence-corrected chi connectivity index (χ4v) is 6.84. The minimum absolute atomic E-state index is 0.00395. The quantitative estimate of drug-likeness (QED) is 0.604. The van der Waals surface area contributed by atoms with Crippen molar-refractivity contribution in [1.82, 2.24) is 14.5 Å². The lowest BCUT2D eigenvalue weighted by Crippen LogP contribution is -2.43. The molecule has 1 amide bonds. The van der Waals surface area contributed by atoms with Crippen LogP contribution in [0.15, 0.2) is 41.5 Å². The molecule has 2 aliphatic heterocycles. The molecule has 8 nitrogen and oxygen atoms in total. The molecule has 1 N–H and O–H groups in total. The van der Waals surface area contributed by atoms with Gasteiger partial charge < -0.3 is 19.4 Å². The first-order chi connectivity index (χ1) is 16.8. The molecule has 1 saturated carbocycles. The van der Waals surface area contributed by atoms with Gasteiger partial charge in [0.1, 0.15) is 5.52 Å². The number of carbonyl (C=O) groups is 1. The lowest BCUT2D eigenvalue weighted by atomic mass is 9.91. The second kappa shape index (κ2) is 7.98. The number of hydrogen-bond donors (Lipinski definition) is 1. The van der Waals surface area contributed by atoms with Gasteiger partial charge >= 0.3 is 0 Å². The number of carbonyl (C=O) groups excluding carboxylic acids is 1. The fourth-order valence-electron chi connectivity index (χ4n) is 5.64. The molecule has 3 aromatic rings. The number of nitrogens with zero attached hydrogens (tertiary/aromatic N) is 3. The SMILES string of the molecule is Cn1cc(-c2cc(C(=O)N3CCS(=O)(=O)CC3)ccc2N2CCC3(CC2)CC3)c2cc[nH]c2c1=O. The number of nitrogens with one attached hydrogen (secondary N) is 1. The Bertz CT molecular complexity index is 1480. The van der Waals surface area contributed by atoms with Crippen molar-refractivity contribution in [2.45, 2.75) is 25.7 Å². The number of pyridine rings is 1. The van der Waals surface area contributed by atoms with Gasteiger partial charge in [0, 0.05) is 73.4 Å². The summed E-state index contributed by atoms with van der Waals surface area (Å²) >= 11 is 0. The van der Waals surface area contributed by atoms with Crippen molar-refractivity contribution in [2.75, 3.05) is 42.6 Å². The Morgan fingerprint density at radius 1 is 0.971 bits per heavy atom. The molecule has 2 saturated heterocycles. The predicted octanol–water partition coefficient (Wildman–Crippen LogP) is 2.78. The third kappa shape index (κ3) is 3.95. The predicted molar refractivity (Wildman–Crippen MR) is 137 cm³/mol. The summed E-state index contributed by atoms with van der Waals surface area (Å²) in [5.74, 6) is -0.146. The Morgan fingerprint density at radius 2 is 1.69 bits per heavy atom. The van der Waals surface area contributed by atoms with Gasteiger partial charge in [-0.15, -0.1) is 0 Å². The first-order valence-electron chi connectivity index (χ1n) is 12.3. The lowest BCUT2D eigenvalue weighted by Gasteiger charge is -2.35. The second-order valence-corrected chi connectivity index (χ2v) is 12.7. The molecule has 9 heteroatoms. The van der Waals surface area contributed by atoms with Crippen LogP contribution >= 0.6 is 0 Å². The van der Waals surface area contributed by atoms with Gasteiger partial charge in [0.15, 0.2) is 9.84 Å². The smallest absolute Gasteiger partial charge is 0.274 e. The summed E-state index contributed by atoms with van der Waals surface area (Å²) in [6.07, 6.45) is 8.65. The molecule has 184 valence electrons. The highest BCUT2D eigenvalue weighted by Gasteiger charge is 2.44. The van der Waals surface area contributed by atoms with E-state index >= 15 is 0 Å². The van der Waals surface area contributed by atoms with E-state index in [1.807, 2.05) is 30.5 Å². The van der Waals surface area contributed by atoms with E-state index in [4.69, 9.17) is 0 Å². The number of amides is 1. The number of aromatic amines is 1. The number of rotatable bonds is 3. The maximum absolute atomic E-state index is 13.4.